The standard InChI is InChI=1S/C28H31N7O3/c1-5-23(36)29-19-12-10-17(11-13-19)26(37)31-25-21-15-35(28(2,3)24(21)32-33-25)27(38)30-22-16-34(4)14-18-8-6-7-9-20(18)22/h5-13,22H,1,14-16H2,2-4H3,(H,29,36)(H,30,38)(H2,31,32,33,37)/t22-/m1/s1. The van der Waals surface area contributed by atoms with Crippen LogP contribution in [0, 0.1) is 0 Å². The lowest BCUT2D eigenvalue weighted by Gasteiger charge is -2.36. The third-order valence-electron chi connectivity index (χ3n) is 7.21. The second-order valence-corrected chi connectivity index (χ2v) is 10.2. The number of carbonyl (C=O) groups is 3. The van der Waals surface area contributed by atoms with Crippen molar-refractivity contribution >= 4 is 29.4 Å². The van der Waals surface area contributed by atoms with Gasteiger partial charge in [-0.25, -0.2) is 4.79 Å². The molecule has 0 bridgehead atoms. The molecular formula is C28H31N7O3. The first-order valence-corrected chi connectivity index (χ1v) is 12.4. The third-order valence-corrected chi connectivity index (χ3v) is 7.21. The average molecular weight is 514 g/mol. The van der Waals surface area contributed by atoms with E-state index in [1.54, 1.807) is 29.2 Å². The van der Waals surface area contributed by atoms with Crippen LogP contribution in [0.3, 0.4) is 0 Å². The molecule has 2 aliphatic rings. The average Bonchev–Trinajstić information content (AvgIpc) is 3.41. The highest BCUT2D eigenvalue weighted by Gasteiger charge is 2.44. The molecule has 2 aromatic carbocycles. The van der Waals surface area contributed by atoms with Crippen LogP contribution in [0.2, 0.25) is 0 Å². The molecule has 3 heterocycles. The number of likely N-dealkylation sites (N-methyl/N-ethyl adjacent to an activating group) is 1. The number of benzene rings is 2. The van der Waals surface area contributed by atoms with Crippen LogP contribution in [0.15, 0.2) is 61.2 Å². The fraction of sp³-hybridized carbons (Fsp3) is 0.286. The zero-order valence-electron chi connectivity index (χ0n) is 21.7. The van der Waals surface area contributed by atoms with E-state index in [9.17, 15) is 14.4 Å². The molecule has 4 amide bonds. The van der Waals surface area contributed by atoms with Crippen molar-refractivity contribution in [2.24, 2.45) is 0 Å². The van der Waals surface area contributed by atoms with E-state index < -0.39 is 5.54 Å². The van der Waals surface area contributed by atoms with Gasteiger partial charge in [0.05, 0.1) is 23.8 Å². The first kappa shape index (κ1) is 25.2. The molecule has 0 fully saturated rings. The van der Waals surface area contributed by atoms with Gasteiger partial charge in [-0.1, -0.05) is 30.8 Å². The summed E-state index contributed by atoms with van der Waals surface area (Å²) in [5, 5.41) is 16.1. The smallest absolute Gasteiger partial charge is 0.319 e. The number of aromatic amines is 1. The maximum absolute atomic E-state index is 13.5. The molecule has 10 nitrogen and oxygen atoms in total. The SMILES string of the molecule is C=CC(=O)Nc1ccc(C(=O)Nc2n[nH]c3c2CN(C(=O)N[C@@H]2CN(C)Cc4ccccc42)C3(C)C)cc1. The van der Waals surface area contributed by atoms with Gasteiger partial charge in [-0.2, -0.15) is 5.10 Å². The molecule has 5 rings (SSSR count). The minimum atomic E-state index is -0.652. The summed E-state index contributed by atoms with van der Waals surface area (Å²) in [6.45, 7) is 9.22. The van der Waals surface area contributed by atoms with Crippen molar-refractivity contribution in [2.75, 3.05) is 24.2 Å². The fourth-order valence-corrected chi connectivity index (χ4v) is 5.16. The molecule has 1 aromatic heterocycles. The highest BCUT2D eigenvalue weighted by Crippen LogP contribution is 2.41. The van der Waals surface area contributed by atoms with Crippen molar-refractivity contribution in [1.82, 2.24) is 25.3 Å². The zero-order valence-corrected chi connectivity index (χ0v) is 21.7. The van der Waals surface area contributed by atoms with E-state index in [4.69, 9.17) is 0 Å². The van der Waals surface area contributed by atoms with E-state index in [0.717, 1.165) is 29.9 Å². The number of fused-ring (bicyclic) bond motifs is 2. The van der Waals surface area contributed by atoms with E-state index in [0.29, 0.717) is 23.6 Å². The van der Waals surface area contributed by atoms with Crippen molar-refractivity contribution in [1.29, 1.82) is 0 Å². The normalized spacial score (nSPS) is 17.8. The molecule has 0 spiro atoms. The predicted octanol–water partition coefficient (Wildman–Crippen LogP) is 3.73. The number of aromatic nitrogens is 2. The number of nitrogens with one attached hydrogen (secondary N) is 4. The van der Waals surface area contributed by atoms with Gasteiger partial charge in [0.1, 0.15) is 0 Å². The van der Waals surface area contributed by atoms with E-state index in [1.807, 2.05) is 33.0 Å². The van der Waals surface area contributed by atoms with Crippen molar-refractivity contribution in [3.63, 3.8) is 0 Å². The highest BCUT2D eigenvalue weighted by molar-refractivity contribution is 6.05. The van der Waals surface area contributed by atoms with Crippen LogP contribution >= 0.6 is 0 Å². The van der Waals surface area contributed by atoms with Crippen molar-refractivity contribution in [3.05, 3.63) is 89.1 Å². The Morgan fingerprint density at radius 3 is 2.55 bits per heavy atom. The number of H-pyrrole nitrogens is 1. The number of rotatable bonds is 5. The molecule has 2 aliphatic heterocycles. The van der Waals surface area contributed by atoms with Crippen LogP contribution in [0.25, 0.3) is 0 Å². The van der Waals surface area contributed by atoms with Crippen LogP contribution in [-0.4, -0.2) is 51.4 Å². The maximum Gasteiger partial charge on any atom is 0.319 e. The highest BCUT2D eigenvalue weighted by atomic mass is 16.2. The van der Waals surface area contributed by atoms with Crippen molar-refractivity contribution in [3.8, 4) is 0 Å². The molecule has 0 aliphatic carbocycles. The second kappa shape index (κ2) is 9.79. The van der Waals surface area contributed by atoms with Gasteiger partial charge in [-0.05, 0) is 62.4 Å². The number of carbonyl (C=O) groups excluding carboxylic acids is 3. The first-order chi connectivity index (χ1) is 18.2. The Bertz CT molecular complexity index is 1410. The third kappa shape index (κ3) is 4.66. The second-order valence-electron chi connectivity index (χ2n) is 10.2. The van der Waals surface area contributed by atoms with Crippen LogP contribution < -0.4 is 16.0 Å². The van der Waals surface area contributed by atoms with Crippen LogP contribution in [0.1, 0.15) is 52.6 Å². The lowest BCUT2D eigenvalue weighted by Crippen LogP contribution is -2.49. The Balaban J connectivity index is 1.29. The number of hydrogen-bond donors (Lipinski definition) is 4. The molecular weight excluding hydrogens is 482 g/mol. The molecule has 4 N–H and O–H groups in total. The monoisotopic (exact) mass is 513 g/mol. The minimum Gasteiger partial charge on any atom is -0.330 e. The van der Waals surface area contributed by atoms with Gasteiger partial charge < -0.3 is 20.9 Å². The van der Waals surface area contributed by atoms with Gasteiger partial charge in [0.15, 0.2) is 5.82 Å². The summed E-state index contributed by atoms with van der Waals surface area (Å²) in [6, 6.07) is 14.4. The Morgan fingerprint density at radius 2 is 1.82 bits per heavy atom. The van der Waals surface area contributed by atoms with Crippen LogP contribution in [-0.2, 0) is 23.4 Å². The van der Waals surface area contributed by atoms with E-state index >= 15 is 0 Å². The lowest BCUT2D eigenvalue weighted by atomic mass is 9.95. The molecule has 1 atom stereocenters. The van der Waals surface area contributed by atoms with Gasteiger partial charge in [-0.3, -0.25) is 19.6 Å². The van der Waals surface area contributed by atoms with Gasteiger partial charge in [0, 0.05) is 29.9 Å². The van der Waals surface area contributed by atoms with Gasteiger partial charge in [-0.15, -0.1) is 0 Å². The molecule has 0 unspecified atom stereocenters. The van der Waals surface area contributed by atoms with Crippen molar-refractivity contribution < 1.29 is 14.4 Å². The summed E-state index contributed by atoms with van der Waals surface area (Å²) < 4.78 is 0. The van der Waals surface area contributed by atoms with E-state index in [-0.39, 0.29) is 23.9 Å². The Hall–Kier alpha value is -4.44. The summed E-state index contributed by atoms with van der Waals surface area (Å²) in [7, 11) is 2.05. The minimum absolute atomic E-state index is 0.122. The quantitative estimate of drug-likeness (QED) is 0.387. The van der Waals surface area contributed by atoms with Gasteiger partial charge in [0.2, 0.25) is 5.91 Å². The number of nitrogens with zero attached hydrogens (tertiary/aromatic N) is 3. The largest absolute Gasteiger partial charge is 0.330 e. The number of urea groups is 1. The fourth-order valence-electron chi connectivity index (χ4n) is 5.16. The Morgan fingerprint density at radius 1 is 1.08 bits per heavy atom. The molecule has 196 valence electrons. The summed E-state index contributed by atoms with van der Waals surface area (Å²) in [5.41, 5.74) is 4.22. The lowest BCUT2D eigenvalue weighted by molar-refractivity contribution is -0.111. The van der Waals surface area contributed by atoms with Crippen LogP contribution in [0.4, 0.5) is 16.3 Å². The summed E-state index contributed by atoms with van der Waals surface area (Å²) in [6.07, 6.45) is 1.18. The van der Waals surface area contributed by atoms with Gasteiger partial charge in [0.25, 0.3) is 5.91 Å². The first-order valence-electron chi connectivity index (χ1n) is 12.4. The zero-order chi connectivity index (χ0) is 27.0. The molecule has 0 saturated carbocycles. The topological polar surface area (TPSA) is 122 Å². The predicted molar refractivity (Wildman–Crippen MR) is 144 cm³/mol. The number of amides is 4. The van der Waals surface area contributed by atoms with Crippen LogP contribution in [0.5, 0.6) is 0 Å². The molecule has 0 saturated heterocycles. The Labute approximate surface area is 221 Å². The summed E-state index contributed by atoms with van der Waals surface area (Å²) >= 11 is 0. The summed E-state index contributed by atoms with van der Waals surface area (Å²) in [4.78, 5) is 41.9. The molecule has 0 radical (unpaired) electrons. The number of anilines is 2. The molecule has 10 heteroatoms. The van der Waals surface area contributed by atoms with Gasteiger partial charge >= 0.3 is 6.03 Å². The van der Waals surface area contributed by atoms with E-state index in [2.05, 4.69) is 49.8 Å². The molecule has 38 heavy (non-hydrogen) atoms. The number of hydrogen-bond acceptors (Lipinski definition) is 5. The molecule has 3 aromatic rings. The van der Waals surface area contributed by atoms with E-state index in [1.165, 1.54) is 11.6 Å². The maximum atomic E-state index is 13.5. The van der Waals surface area contributed by atoms with Crippen molar-refractivity contribution in [2.45, 2.75) is 38.5 Å². The summed E-state index contributed by atoms with van der Waals surface area (Å²) in [5.74, 6) is -0.283. The Kier molecular flexibility index (Phi) is 6.50.